The summed E-state index contributed by atoms with van der Waals surface area (Å²) < 4.78 is 24.1. The molecule has 1 N–H and O–H groups in total. The molecule has 2 fully saturated rings. The Morgan fingerprint density at radius 1 is 1.08 bits per heavy atom. The Morgan fingerprint density at radius 3 is 2.54 bits per heavy atom. The van der Waals surface area contributed by atoms with Gasteiger partial charge in [-0.25, -0.2) is 14.2 Å². The van der Waals surface area contributed by atoms with Gasteiger partial charge in [0.25, 0.3) is 0 Å². The van der Waals surface area contributed by atoms with Crippen molar-refractivity contribution in [3.8, 4) is 0 Å². The van der Waals surface area contributed by atoms with Gasteiger partial charge >= 0.3 is 6.09 Å². The number of halogens is 1. The Balaban J connectivity index is 1.08. The first-order chi connectivity index (χ1) is 18.6. The molecule has 0 radical (unpaired) electrons. The number of carbonyl (C=O) groups excluding carboxylic acids is 2. The molecule has 10 heteroatoms. The maximum atomic E-state index is 13.5. The molecule has 208 valence electrons. The van der Waals surface area contributed by atoms with Crippen molar-refractivity contribution in [1.82, 2.24) is 19.9 Å². The quantitative estimate of drug-likeness (QED) is 0.470. The third-order valence-corrected chi connectivity index (χ3v) is 7.45. The summed E-state index contributed by atoms with van der Waals surface area (Å²) in [6.45, 7) is 9.25. The van der Waals surface area contributed by atoms with Gasteiger partial charge in [0.1, 0.15) is 17.2 Å². The van der Waals surface area contributed by atoms with E-state index in [0.29, 0.717) is 24.5 Å². The van der Waals surface area contributed by atoms with Crippen molar-refractivity contribution in [1.29, 1.82) is 0 Å². The molecule has 0 atom stereocenters. The fourth-order valence-corrected chi connectivity index (χ4v) is 5.50. The Kier molecular flexibility index (Phi) is 7.83. The smallest absolute Gasteiger partial charge is 0.413 e. The Hall–Kier alpha value is -3.53. The van der Waals surface area contributed by atoms with Gasteiger partial charge < -0.3 is 14.2 Å². The number of ether oxygens (including phenoxy) is 1. The fourth-order valence-electron chi connectivity index (χ4n) is 5.50. The summed E-state index contributed by atoms with van der Waals surface area (Å²) in [6, 6.07) is 8.33. The van der Waals surface area contributed by atoms with E-state index < -0.39 is 11.7 Å². The van der Waals surface area contributed by atoms with Crippen LogP contribution in [0.4, 0.5) is 15.0 Å². The number of fused-ring (bicyclic) bond motifs is 1. The van der Waals surface area contributed by atoms with E-state index in [9.17, 15) is 14.0 Å². The highest BCUT2D eigenvalue weighted by atomic mass is 19.1. The predicted molar refractivity (Wildman–Crippen MR) is 145 cm³/mol. The molecule has 5 rings (SSSR count). The minimum Gasteiger partial charge on any atom is -0.444 e. The van der Waals surface area contributed by atoms with Crippen LogP contribution in [0.3, 0.4) is 0 Å². The van der Waals surface area contributed by atoms with Gasteiger partial charge in [0.2, 0.25) is 5.91 Å². The molecule has 2 aromatic heterocycles. The second-order valence-electron chi connectivity index (χ2n) is 11.5. The summed E-state index contributed by atoms with van der Waals surface area (Å²) in [7, 11) is 0. The molecule has 2 aliphatic heterocycles. The van der Waals surface area contributed by atoms with Crippen LogP contribution in [-0.2, 0) is 16.1 Å². The van der Waals surface area contributed by atoms with Crippen LogP contribution in [0.25, 0.3) is 11.0 Å². The number of benzene rings is 1. The number of hydrogen-bond acceptors (Lipinski definition) is 7. The standard InChI is InChI=1S/C29H36FN5O4/c1-29(2,3)38-28(37)32-25-16-19(6-11-31-25)18-34-12-7-21(8-13-34)27(36)35-14-9-20(10-15-35)26-23-5-4-22(30)17-24(23)39-33-26/h4-6,11,16-17,20-21H,7-10,12-15,18H2,1-3H3,(H,31,32,37). The predicted octanol–water partition coefficient (Wildman–Crippen LogP) is 5.33. The summed E-state index contributed by atoms with van der Waals surface area (Å²) in [6.07, 6.45) is 4.46. The molecule has 9 nitrogen and oxygen atoms in total. The summed E-state index contributed by atoms with van der Waals surface area (Å²) in [5.74, 6) is 0.611. The second-order valence-corrected chi connectivity index (χ2v) is 11.5. The van der Waals surface area contributed by atoms with Crippen LogP contribution in [0.15, 0.2) is 41.1 Å². The van der Waals surface area contributed by atoms with Crippen molar-refractivity contribution in [2.24, 2.45) is 5.92 Å². The van der Waals surface area contributed by atoms with Crippen LogP contribution < -0.4 is 5.32 Å². The van der Waals surface area contributed by atoms with Gasteiger partial charge in [0.05, 0.1) is 5.69 Å². The number of amides is 2. The van der Waals surface area contributed by atoms with Crippen LogP contribution in [0, 0.1) is 11.7 Å². The molecule has 4 heterocycles. The maximum absolute atomic E-state index is 13.5. The first-order valence-corrected chi connectivity index (χ1v) is 13.7. The monoisotopic (exact) mass is 537 g/mol. The Morgan fingerprint density at radius 2 is 1.82 bits per heavy atom. The summed E-state index contributed by atoms with van der Waals surface area (Å²) >= 11 is 0. The Labute approximate surface area is 227 Å². The average molecular weight is 538 g/mol. The van der Waals surface area contributed by atoms with Crippen LogP contribution in [-0.4, -0.2) is 63.7 Å². The van der Waals surface area contributed by atoms with Gasteiger partial charge in [-0.2, -0.15) is 0 Å². The van der Waals surface area contributed by atoms with Crippen molar-refractivity contribution >= 4 is 28.8 Å². The molecule has 2 saturated heterocycles. The van der Waals surface area contributed by atoms with Crippen molar-refractivity contribution in [3.05, 3.63) is 53.6 Å². The lowest BCUT2D eigenvalue weighted by Gasteiger charge is -2.37. The number of piperidine rings is 2. The van der Waals surface area contributed by atoms with Crippen molar-refractivity contribution < 1.29 is 23.2 Å². The highest BCUT2D eigenvalue weighted by Gasteiger charge is 2.32. The largest absolute Gasteiger partial charge is 0.444 e. The number of aromatic nitrogens is 2. The van der Waals surface area contributed by atoms with E-state index in [1.807, 2.05) is 37.8 Å². The molecule has 0 unspecified atom stereocenters. The highest BCUT2D eigenvalue weighted by Crippen LogP contribution is 2.34. The van der Waals surface area contributed by atoms with E-state index in [2.05, 4.69) is 20.4 Å². The number of pyridine rings is 1. The molecular formula is C29H36FN5O4. The van der Waals surface area contributed by atoms with Gasteiger partial charge in [-0.05, 0) is 89.4 Å². The molecular weight excluding hydrogens is 501 g/mol. The van der Waals surface area contributed by atoms with Crippen LogP contribution in [0.1, 0.15) is 63.6 Å². The number of likely N-dealkylation sites (tertiary alicyclic amines) is 2. The number of nitrogens with one attached hydrogen (secondary N) is 1. The lowest BCUT2D eigenvalue weighted by molar-refractivity contribution is -0.138. The van der Waals surface area contributed by atoms with Crippen molar-refractivity contribution in [2.75, 3.05) is 31.5 Å². The van der Waals surface area contributed by atoms with Gasteiger partial charge in [0.15, 0.2) is 5.58 Å². The molecule has 1 aromatic carbocycles. The summed E-state index contributed by atoms with van der Waals surface area (Å²) in [4.78, 5) is 33.9. The normalized spacial score (nSPS) is 17.9. The van der Waals surface area contributed by atoms with E-state index >= 15 is 0 Å². The summed E-state index contributed by atoms with van der Waals surface area (Å²) in [5, 5.41) is 7.76. The van der Waals surface area contributed by atoms with Gasteiger partial charge in [-0.1, -0.05) is 5.16 Å². The molecule has 39 heavy (non-hydrogen) atoms. The minimum atomic E-state index is -0.576. The van der Waals surface area contributed by atoms with Crippen molar-refractivity contribution in [3.63, 3.8) is 0 Å². The highest BCUT2D eigenvalue weighted by molar-refractivity contribution is 5.83. The van der Waals surface area contributed by atoms with E-state index in [1.54, 1.807) is 12.3 Å². The molecule has 2 amide bonds. The first kappa shape index (κ1) is 27.1. The SMILES string of the molecule is CC(C)(C)OC(=O)Nc1cc(CN2CCC(C(=O)N3CCC(c4noc5cc(F)ccc45)CC3)CC2)ccn1. The van der Waals surface area contributed by atoms with Gasteiger partial charge in [-0.15, -0.1) is 0 Å². The zero-order valence-electron chi connectivity index (χ0n) is 22.8. The number of rotatable bonds is 5. The van der Waals surface area contributed by atoms with Crippen LogP contribution in [0.2, 0.25) is 0 Å². The molecule has 0 bridgehead atoms. The fraction of sp³-hybridized carbons (Fsp3) is 0.517. The van der Waals surface area contributed by atoms with Crippen LogP contribution in [0.5, 0.6) is 0 Å². The van der Waals surface area contributed by atoms with E-state index in [0.717, 1.165) is 62.0 Å². The topological polar surface area (TPSA) is 101 Å². The Bertz CT molecular complexity index is 1320. The third-order valence-electron chi connectivity index (χ3n) is 7.45. The van der Waals surface area contributed by atoms with Crippen LogP contribution >= 0.6 is 0 Å². The molecule has 2 aliphatic rings. The molecule has 0 saturated carbocycles. The number of hydrogen-bond donors (Lipinski definition) is 1. The first-order valence-electron chi connectivity index (χ1n) is 13.7. The molecule has 0 spiro atoms. The van der Waals surface area contributed by atoms with E-state index in [-0.39, 0.29) is 23.6 Å². The average Bonchev–Trinajstić information content (AvgIpc) is 3.31. The minimum absolute atomic E-state index is 0.0375. The second kappa shape index (κ2) is 11.3. The number of nitrogens with zero attached hydrogens (tertiary/aromatic N) is 4. The van der Waals surface area contributed by atoms with E-state index in [4.69, 9.17) is 9.26 Å². The third kappa shape index (κ3) is 6.73. The zero-order valence-corrected chi connectivity index (χ0v) is 22.8. The lowest BCUT2D eigenvalue weighted by Crippen LogP contribution is -2.45. The van der Waals surface area contributed by atoms with Gasteiger partial charge in [-0.3, -0.25) is 15.0 Å². The van der Waals surface area contributed by atoms with Crippen molar-refractivity contribution in [2.45, 2.75) is 64.5 Å². The molecule has 3 aromatic rings. The number of carbonyl (C=O) groups is 2. The van der Waals surface area contributed by atoms with Gasteiger partial charge in [0, 0.05) is 49.1 Å². The zero-order chi connectivity index (χ0) is 27.6. The van der Waals surface area contributed by atoms with E-state index in [1.165, 1.54) is 12.1 Å². The number of anilines is 1. The molecule has 0 aliphatic carbocycles. The summed E-state index contributed by atoms with van der Waals surface area (Å²) in [5.41, 5.74) is 1.81. The maximum Gasteiger partial charge on any atom is 0.413 e. The lowest BCUT2D eigenvalue weighted by atomic mass is 9.89.